The Balaban J connectivity index is 2.17. The second-order valence-electron chi connectivity index (χ2n) is 4.87. The largest absolute Gasteiger partial charge is 0.323 e. The molecule has 6 nitrogen and oxygen atoms in total. The number of carbonyl (C=O) groups is 2. The number of urea groups is 1. The Kier molecular flexibility index (Phi) is 2.11. The van der Waals surface area contributed by atoms with E-state index in [2.05, 4.69) is 16.0 Å². The maximum absolute atomic E-state index is 12.0. The van der Waals surface area contributed by atoms with Crippen LogP contribution in [0.5, 0.6) is 0 Å². The Morgan fingerprint density at radius 2 is 1.93 bits per heavy atom. The molecule has 0 aliphatic carbocycles. The third-order valence-electron chi connectivity index (χ3n) is 2.72. The van der Waals surface area contributed by atoms with E-state index in [0.717, 1.165) is 0 Å². The van der Waals surface area contributed by atoms with Gasteiger partial charge in [-0.05, 0) is 20.8 Å². The summed E-state index contributed by atoms with van der Waals surface area (Å²) < 4.78 is 0. The predicted molar refractivity (Wildman–Crippen MR) is 53.8 cm³/mol. The van der Waals surface area contributed by atoms with E-state index in [-0.39, 0.29) is 23.6 Å². The molecule has 0 radical (unpaired) electrons. The average molecular weight is 212 g/mol. The molecule has 0 aromatic rings. The minimum Gasteiger partial charge on any atom is -0.323 e. The lowest BCUT2D eigenvalue weighted by molar-refractivity contribution is -0.142. The molecule has 2 aliphatic heterocycles. The molecule has 2 saturated heterocycles. The summed E-state index contributed by atoms with van der Waals surface area (Å²) in [5.74, 6) is -0.0374. The summed E-state index contributed by atoms with van der Waals surface area (Å²) in [6.07, 6.45) is -0.274. The Bertz CT molecular complexity index is 310. The molecule has 2 rings (SSSR count). The molecular weight excluding hydrogens is 196 g/mol. The van der Waals surface area contributed by atoms with E-state index in [9.17, 15) is 9.59 Å². The van der Waals surface area contributed by atoms with Crippen LogP contribution in [-0.2, 0) is 4.79 Å². The molecule has 0 saturated carbocycles. The number of nitrogens with zero attached hydrogens (tertiary/aromatic N) is 1. The maximum atomic E-state index is 12.0. The first-order valence-corrected chi connectivity index (χ1v) is 5.01. The summed E-state index contributed by atoms with van der Waals surface area (Å²) in [4.78, 5) is 24.8. The SMILES string of the molecule is CC(C)(C)N1CNC2NC(=O)NC2C1=O. The molecule has 15 heavy (non-hydrogen) atoms. The topological polar surface area (TPSA) is 73.5 Å². The Morgan fingerprint density at radius 3 is 2.53 bits per heavy atom. The first-order chi connectivity index (χ1) is 6.89. The van der Waals surface area contributed by atoms with Crippen molar-refractivity contribution in [2.45, 2.75) is 38.5 Å². The quantitative estimate of drug-likeness (QED) is 0.491. The molecule has 2 atom stereocenters. The number of nitrogens with one attached hydrogen (secondary N) is 3. The summed E-state index contributed by atoms with van der Waals surface area (Å²) in [5, 5.41) is 8.36. The van der Waals surface area contributed by atoms with E-state index < -0.39 is 6.04 Å². The maximum Gasteiger partial charge on any atom is 0.316 e. The molecule has 0 bridgehead atoms. The fraction of sp³-hybridized carbons (Fsp3) is 0.778. The van der Waals surface area contributed by atoms with Gasteiger partial charge in [0, 0.05) is 5.54 Å². The van der Waals surface area contributed by atoms with Crippen molar-refractivity contribution in [1.82, 2.24) is 20.9 Å². The zero-order chi connectivity index (χ0) is 11.2. The van der Waals surface area contributed by atoms with E-state index in [0.29, 0.717) is 6.67 Å². The summed E-state index contributed by atoms with van der Waals surface area (Å²) >= 11 is 0. The van der Waals surface area contributed by atoms with Gasteiger partial charge in [0.1, 0.15) is 12.2 Å². The third-order valence-corrected chi connectivity index (χ3v) is 2.72. The molecule has 2 fully saturated rings. The van der Waals surface area contributed by atoms with Crippen LogP contribution in [0.2, 0.25) is 0 Å². The average Bonchev–Trinajstić information content (AvgIpc) is 2.44. The summed E-state index contributed by atoms with van der Waals surface area (Å²) in [5.41, 5.74) is -0.234. The molecule has 2 unspecified atom stereocenters. The van der Waals surface area contributed by atoms with Crippen LogP contribution >= 0.6 is 0 Å². The smallest absolute Gasteiger partial charge is 0.316 e. The van der Waals surface area contributed by atoms with E-state index in [1.807, 2.05) is 20.8 Å². The van der Waals surface area contributed by atoms with Gasteiger partial charge in [0.15, 0.2) is 0 Å². The number of hydrogen-bond donors (Lipinski definition) is 3. The highest BCUT2D eigenvalue weighted by Crippen LogP contribution is 2.18. The lowest BCUT2D eigenvalue weighted by Crippen LogP contribution is -2.66. The predicted octanol–water partition coefficient (Wildman–Crippen LogP) is -0.818. The highest BCUT2D eigenvalue weighted by atomic mass is 16.2. The van der Waals surface area contributed by atoms with Crippen molar-refractivity contribution in [3.63, 3.8) is 0 Å². The van der Waals surface area contributed by atoms with Crippen LogP contribution in [0.4, 0.5) is 4.79 Å². The van der Waals surface area contributed by atoms with E-state index >= 15 is 0 Å². The summed E-state index contributed by atoms with van der Waals surface area (Å²) in [6, 6.07) is -0.771. The second kappa shape index (κ2) is 3.10. The van der Waals surface area contributed by atoms with Crippen LogP contribution < -0.4 is 16.0 Å². The monoisotopic (exact) mass is 212 g/mol. The van der Waals surface area contributed by atoms with Crippen molar-refractivity contribution in [3.05, 3.63) is 0 Å². The minimum atomic E-state index is -0.481. The molecule has 84 valence electrons. The zero-order valence-corrected chi connectivity index (χ0v) is 9.13. The Labute approximate surface area is 88.4 Å². The minimum absolute atomic E-state index is 0.0374. The molecule has 0 aromatic carbocycles. The van der Waals surface area contributed by atoms with Crippen molar-refractivity contribution in [3.8, 4) is 0 Å². The van der Waals surface area contributed by atoms with E-state index in [4.69, 9.17) is 0 Å². The number of amides is 3. The van der Waals surface area contributed by atoms with Crippen LogP contribution in [0, 0.1) is 0 Å². The molecule has 3 amide bonds. The lowest BCUT2D eigenvalue weighted by atomic mass is 10.0. The fourth-order valence-corrected chi connectivity index (χ4v) is 1.87. The molecule has 2 heterocycles. The van der Waals surface area contributed by atoms with Crippen molar-refractivity contribution in [2.24, 2.45) is 0 Å². The molecule has 0 aromatic heterocycles. The second-order valence-corrected chi connectivity index (χ2v) is 4.87. The van der Waals surface area contributed by atoms with E-state index in [1.54, 1.807) is 4.90 Å². The number of hydrogen-bond acceptors (Lipinski definition) is 3. The van der Waals surface area contributed by atoms with Crippen LogP contribution in [0.25, 0.3) is 0 Å². The van der Waals surface area contributed by atoms with Gasteiger partial charge in [0.05, 0.1) is 6.67 Å². The van der Waals surface area contributed by atoms with Gasteiger partial charge in [0.2, 0.25) is 5.91 Å². The number of fused-ring (bicyclic) bond motifs is 1. The van der Waals surface area contributed by atoms with Gasteiger partial charge in [-0.1, -0.05) is 0 Å². The van der Waals surface area contributed by atoms with Gasteiger partial charge in [-0.25, -0.2) is 4.79 Å². The van der Waals surface area contributed by atoms with Gasteiger partial charge in [-0.3, -0.25) is 10.1 Å². The van der Waals surface area contributed by atoms with Gasteiger partial charge >= 0.3 is 6.03 Å². The summed E-state index contributed by atoms with van der Waals surface area (Å²) in [7, 11) is 0. The van der Waals surface area contributed by atoms with Crippen LogP contribution in [-0.4, -0.2) is 41.3 Å². The van der Waals surface area contributed by atoms with Gasteiger partial charge in [-0.15, -0.1) is 0 Å². The highest BCUT2D eigenvalue weighted by Gasteiger charge is 2.45. The molecule has 6 heteroatoms. The first-order valence-electron chi connectivity index (χ1n) is 5.01. The normalized spacial score (nSPS) is 31.0. The third kappa shape index (κ3) is 1.65. The van der Waals surface area contributed by atoms with Gasteiger partial charge in [0.25, 0.3) is 0 Å². The fourth-order valence-electron chi connectivity index (χ4n) is 1.87. The van der Waals surface area contributed by atoms with Gasteiger partial charge in [-0.2, -0.15) is 0 Å². The highest BCUT2D eigenvalue weighted by molar-refractivity contribution is 5.92. The van der Waals surface area contributed by atoms with Crippen molar-refractivity contribution in [2.75, 3.05) is 6.67 Å². The van der Waals surface area contributed by atoms with Crippen LogP contribution in [0.15, 0.2) is 0 Å². The van der Waals surface area contributed by atoms with E-state index in [1.165, 1.54) is 0 Å². The Morgan fingerprint density at radius 1 is 1.27 bits per heavy atom. The number of carbonyl (C=O) groups excluding carboxylic acids is 2. The van der Waals surface area contributed by atoms with Crippen molar-refractivity contribution < 1.29 is 9.59 Å². The van der Waals surface area contributed by atoms with Crippen LogP contribution in [0.1, 0.15) is 20.8 Å². The molecular formula is C9H16N4O2. The first kappa shape index (κ1) is 10.2. The standard InChI is InChI=1S/C9H16N4O2/c1-9(2,3)13-4-10-6-5(7(13)14)11-8(15)12-6/h5-6,10H,4H2,1-3H3,(H2,11,12,15). The molecule has 3 N–H and O–H groups in total. The van der Waals surface area contributed by atoms with Crippen molar-refractivity contribution >= 4 is 11.9 Å². The summed E-state index contributed by atoms with van der Waals surface area (Å²) in [6.45, 7) is 6.37. The van der Waals surface area contributed by atoms with Gasteiger partial charge < -0.3 is 15.5 Å². The molecule has 2 aliphatic rings. The lowest BCUT2D eigenvalue weighted by Gasteiger charge is -2.42. The Hall–Kier alpha value is -1.30. The van der Waals surface area contributed by atoms with Crippen molar-refractivity contribution in [1.29, 1.82) is 0 Å². The van der Waals surface area contributed by atoms with Crippen LogP contribution in [0.3, 0.4) is 0 Å². The zero-order valence-electron chi connectivity index (χ0n) is 9.13. The number of rotatable bonds is 0. The molecule has 0 spiro atoms.